The smallest absolute Gasteiger partial charge is 0.365 e. The van der Waals surface area contributed by atoms with E-state index in [9.17, 15) is 18.0 Å². The third-order valence-corrected chi connectivity index (χ3v) is 6.42. The van der Waals surface area contributed by atoms with Gasteiger partial charge in [0.25, 0.3) is 5.91 Å². The number of nitrogens with zero attached hydrogens (tertiary/aromatic N) is 2. The van der Waals surface area contributed by atoms with Crippen LogP contribution in [0.1, 0.15) is 30.9 Å². The fourth-order valence-electron chi connectivity index (χ4n) is 3.65. The van der Waals surface area contributed by atoms with Crippen molar-refractivity contribution in [3.05, 3.63) is 45.9 Å². The molecule has 1 fully saturated rings. The summed E-state index contributed by atoms with van der Waals surface area (Å²) in [4.78, 5) is 17.3. The van der Waals surface area contributed by atoms with E-state index in [1.54, 1.807) is 0 Å². The lowest BCUT2D eigenvalue weighted by Crippen LogP contribution is -2.44. The van der Waals surface area contributed by atoms with Crippen LogP contribution in [0.15, 0.2) is 39.7 Å². The van der Waals surface area contributed by atoms with Gasteiger partial charge in [0.2, 0.25) is 0 Å². The number of halogens is 3. The number of likely N-dealkylation sites (tertiary alicyclic amines) is 1. The molecule has 0 aromatic heterocycles. The first-order chi connectivity index (χ1) is 12.3. The molecule has 0 N–H and O–H groups in total. The lowest BCUT2D eigenvalue weighted by atomic mass is 9.84. The molecule has 0 saturated carbocycles. The minimum Gasteiger partial charge on any atom is -0.365 e. The number of alkyl halides is 3. The van der Waals surface area contributed by atoms with Gasteiger partial charge in [0.1, 0.15) is 0 Å². The van der Waals surface area contributed by atoms with Gasteiger partial charge in [-0.25, -0.2) is 0 Å². The van der Waals surface area contributed by atoms with E-state index in [0.717, 1.165) is 31.5 Å². The van der Waals surface area contributed by atoms with Gasteiger partial charge in [-0.15, -0.1) is 0 Å². The predicted octanol–water partition coefficient (Wildman–Crippen LogP) is 3.97. The summed E-state index contributed by atoms with van der Waals surface area (Å²) >= 11 is 0.822. The Morgan fingerprint density at radius 2 is 1.96 bits per heavy atom. The minimum absolute atomic E-state index is 0.324. The van der Waals surface area contributed by atoms with Gasteiger partial charge < -0.3 is 9.64 Å². The van der Waals surface area contributed by atoms with Gasteiger partial charge in [-0.3, -0.25) is 4.79 Å². The largest absolute Gasteiger partial charge is 0.413 e. The highest BCUT2D eigenvalue weighted by molar-refractivity contribution is 8.18. The molecular formula is C18H17F3N2O2S. The Kier molecular flexibility index (Phi) is 4.15. The Balaban J connectivity index is 1.49. The molecule has 4 rings (SSSR count). The number of rotatable bonds is 0. The average molecular weight is 382 g/mol. The maximum atomic E-state index is 12.9. The summed E-state index contributed by atoms with van der Waals surface area (Å²) in [5, 5.41) is 0.356. The van der Waals surface area contributed by atoms with Crippen molar-refractivity contribution in [2.75, 3.05) is 13.1 Å². The van der Waals surface area contributed by atoms with Gasteiger partial charge in [0, 0.05) is 18.7 Å². The van der Waals surface area contributed by atoms with Crippen LogP contribution in [0.2, 0.25) is 0 Å². The highest BCUT2D eigenvalue weighted by atomic mass is 32.2. The molecule has 1 amide bonds. The van der Waals surface area contributed by atoms with Crippen LogP contribution in [0.3, 0.4) is 0 Å². The first kappa shape index (κ1) is 17.6. The molecule has 138 valence electrons. The van der Waals surface area contributed by atoms with Crippen LogP contribution >= 0.6 is 11.8 Å². The number of fused-ring (bicyclic) bond motifs is 2. The Morgan fingerprint density at radius 1 is 1.27 bits per heavy atom. The van der Waals surface area contributed by atoms with E-state index in [-0.39, 0.29) is 10.5 Å². The molecule has 1 aromatic rings. The number of ether oxygens (including phenoxy) is 1. The molecule has 0 unspecified atom stereocenters. The number of amidine groups is 1. The van der Waals surface area contributed by atoms with Crippen LogP contribution in [-0.4, -0.2) is 35.2 Å². The van der Waals surface area contributed by atoms with Crippen LogP contribution in [-0.2, 0) is 21.7 Å². The molecule has 3 aliphatic rings. The number of thioether (sulfide) groups is 1. The number of carbonyl (C=O) groups excluding carboxylic acids is 1. The molecule has 1 spiro atoms. The monoisotopic (exact) mass is 382 g/mol. The number of carbonyl (C=O) groups is 1. The molecule has 0 bridgehead atoms. The summed E-state index contributed by atoms with van der Waals surface area (Å²) in [6, 6.07) is 8.12. The van der Waals surface area contributed by atoms with E-state index < -0.39 is 17.7 Å². The SMILES string of the molecule is C/C(=C1/SC(N2CCC3(CC2)OCc2ccccc23)=NC1=O)C(F)(F)F. The van der Waals surface area contributed by atoms with E-state index in [2.05, 4.69) is 17.1 Å². The van der Waals surface area contributed by atoms with Gasteiger partial charge >= 0.3 is 6.18 Å². The molecule has 3 heterocycles. The lowest BCUT2D eigenvalue weighted by molar-refractivity contribution is -0.115. The van der Waals surface area contributed by atoms with E-state index in [1.807, 2.05) is 17.0 Å². The quantitative estimate of drug-likeness (QED) is 0.637. The van der Waals surface area contributed by atoms with Gasteiger partial charge in [0.15, 0.2) is 5.17 Å². The van der Waals surface area contributed by atoms with Crippen LogP contribution in [0.25, 0.3) is 0 Å². The van der Waals surface area contributed by atoms with Crippen molar-refractivity contribution in [1.29, 1.82) is 0 Å². The number of allylic oxidation sites excluding steroid dienone is 1. The first-order valence-electron chi connectivity index (χ1n) is 8.36. The molecule has 8 heteroatoms. The Bertz CT molecular complexity index is 824. The lowest BCUT2D eigenvalue weighted by Gasteiger charge is -2.39. The standard InChI is InChI=1S/C18H17F3N2O2S/c1-11(18(19,20)21)14-15(24)22-16(26-14)23-8-6-17(7-9-23)13-5-3-2-4-12(13)10-25-17/h2-5H,6-10H2,1H3/b14-11-. The maximum absolute atomic E-state index is 12.9. The second-order valence-corrected chi connectivity index (χ2v) is 7.66. The molecular weight excluding hydrogens is 365 g/mol. The molecule has 0 aliphatic carbocycles. The fourth-order valence-corrected chi connectivity index (χ4v) is 4.68. The second kappa shape index (κ2) is 6.13. The average Bonchev–Trinajstić information content (AvgIpc) is 3.16. The van der Waals surface area contributed by atoms with Crippen molar-refractivity contribution < 1.29 is 22.7 Å². The highest BCUT2D eigenvalue weighted by Crippen LogP contribution is 2.45. The number of benzene rings is 1. The number of hydrogen-bond donors (Lipinski definition) is 0. The Labute approximate surface area is 153 Å². The van der Waals surface area contributed by atoms with E-state index >= 15 is 0 Å². The van der Waals surface area contributed by atoms with Crippen LogP contribution < -0.4 is 0 Å². The molecule has 3 aliphatic heterocycles. The minimum atomic E-state index is -4.52. The topological polar surface area (TPSA) is 41.9 Å². The summed E-state index contributed by atoms with van der Waals surface area (Å²) in [5.41, 5.74) is 1.18. The fraction of sp³-hybridized carbons (Fsp3) is 0.444. The summed E-state index contributed by atoms with van der Waals surface area (Å²) in [6.45, 7) is 2.69. The molecule has 0 radical (unpaired) electrons. The van der Waals surface area contributed by atoms with E-state index in [4.69, 9.17) is 4.74 Å². The van der Waals surface area contributed by atoms with Crippen LogP contribution in [0.4, 0.5) is 13.2 Å². The third-order valence-electron chi connectivity index (χ3n) is 5.20. The van der Waals surface area contributed by atoms with E-state index in [1.165, 1.54) is 11.1 Å². The zero-order valence-electron chi connectivity index (χ0n) is 14.1. The third kappa shape index (κ3) is 2.85. The molecule has 1 aromatic carbocycles. The van der Waals surface area contributed by atoms with Crippen molar-refractivity contribution in [2.24, 2.45) is 4.99 Å². The van der Waals surface area contributed by atoms with Crippen LogP contribution in [0, 0.1) is 0 Å². The molecule has 26 heavy (non-hydrogen) atoms. The van der Waals surface area contributed by atoms with Crippen molar-refractivity contribution in [3.8, 4) is 0 Å². The Morgan fingerprint density at radius 3 is 2.65 bits per heavy atom. The summed E-state index contributed by atoms with van der Waals surface area (Å²) in [6.07, 6.45) is -3.08. The van der Waals surface area contributed by atoms with Gasteiger partial charge in [0.05, 0.1) is 17.1 Å². The number of aliphatic imine (C=N–C) groups is 1. The van der Waals surface area contributed by atoms with Crippen molar-refractivity contribution >= 4 is 22.8 Å². The summed E-state index contributed by atoms with van der Waals surface area (Å²) < 4.78 is 44.7. The number of piperidine rings is 1. The van der Waals surface area contributed by atoms with E-state index in [0.29, 0.717) is 24.9 Å². The first-order valence-corrected chi connectivity index (χ1v) is 9.18. The Hall–Kier alpha value is -1.80. The summed E-state index contributed by atoms with van der Waals surface area (Å²) in [7, 11) is 0. The van der Waals surface area contributed by atoms with Crippen LogP contribution in [0.5, 0.6) is 0 Å². The van der Waals surface area contributed by atoms with Crippen molar-refractivity contribution in [3.63, 3.8) is 0 Å². The predicted molar refractivity (Wildman–Crippen MR) is 92.5 cm³/mol. The molecule has 1 saturated heterocycles. The zero-order valence-corrected chi connectivity index (χ0v) is 14.9. The second-order valence-electron chi connectivity index (χ2n) is 6.68. The van der Waals surface area contributed by atoms with Crippen molar-refractivity contribution in [2.45, 2.75) is 38.1 Å². The number of amides is 1. The van der Waals surface area contributed by atoms with Crippen molar-refractivity contribution in [1.82, 2.24) is 4.90 Å². The normalized spacial score (nSPS) is 24.1. The van der Waals surface area contributed by atoms with Gasteiger partial charge in [-0.1, -0.05) is 24.3 Å². The maximum Gasteiger partial charge on any atom is 0.413 e. The van der Waals surface area contributed by atoms with Gasteiger partial charge in [-0.05, 0) is 42.7 Å². The molecule has 0 atom stereocenters. The van der Waals surface area contributed by atoms with Gasteiger partial charge in [-0.2, -0.15) is 18.2 Å². The number of hydrogen-bond acceptors (Lipinski definition) is 4. The molecule has 4 nitrogen and oxygen atoms in total. The zero-order chi connectivity index (χ0) is 18.5. The summed E-state index contributed by atoms with van der Waals surface area (Å²) in [5.74, 6) is -0.803. The highest BCUT2D eigenvalue weighted by Gasteiger charge is 2.44.